The number of carbonyl (C=O) groups is 3. The molecule has 4 rings (SSSR count). The summed E-state index contributed by atoms with van der Waals surface area (Å²) in [6, 6.07) is 0. The number of carboxylic acids is 1. The summed E-state index contributed by atoms with van der Waals surface area (Å²) in [5.74, 6) is 0.367. The molecule has 7 heteroatoms. The van der Waals surface area contributed by atoms with Gasteiger partial charge in [-0.1, -0.05) is 19.4 Å². The van der Waals surface area contributed by atoms with Gasteiger partial charge in [-0.2, -0.15) is 0 Å². The third-order valence-corrected chi connectivity index (χ3v) is 8.78. The molecule has 0 aromatic heterocycles. The van der Waals surface area contributed by atoms with Gasteiger partial charge in [0, 0.05) is 17.8 Å². The molecule has 0 saturated heterocycles. The van der Waals surface area contributed by atoms with Crippen molar-refractivity contribution >= 4 is 17.5 Å². The third-order valence-electron chi connectivity index (χ3n) is 8.78. The fraction of sp³-hybridized carbons (Fsp3) is 0.708. The number of hydrogen-bond donors (Lipinski definition) is 4. The van der Waals surface area contributed by atoms with Crippen LogP contribution in [-0.2, 0) is 14.4 Å². The number of carbonyl (C=O) groups excluding carboxylic acids is 2. The lowest BCUT2D eigenvalue weighted by atomic mass is 9.45. The number of hydrogen-bond acceptors (Lipinski definition) is 6. The molecule has 0 bridgehead atoms. The lowest BCUT2D eigenvalue weighted by molar-refractivity contribution is -0.182. The normalized spacial score (nSPS) is 43.2. The van der Waals surface area contributed by atoms with E-state index < -0.39 is 35.5 Å². The number of fused-ring (bicyclic) bond motifs is 5. The van der Waals surface area contributed by atoms with Crippen LogP contribution >= 0.6 is 0 Å². The second kappa shape index (κ2) is 8.16. The van der Waals surface area contributed by atoms with Crippen molar-refractivity contribution in [1.82, 2.24) is 0 Å². The number of aliphatic hydroxyl groups is 3. The number of carboxylic acid groups (broad SMARTS) is 1. The third kappa shape index (κ3) is 3.55. The van der Waals surface area contributed by atoms with Crippen LogP contribution in [0.15, 0.2) is 11.6 Å². The van der Waals surface area contributed by atoms with Crippen LogP contribution < -0.4 is 0 Å². The van der Waals surface area contributed by atoms with Gasteiger partial charge in [0.25, 0.3) is 0 Å². The van der Waals surface area contributed by atoms with Crippen molar-refractivity contribution in [3.8, 4) is 12.3 Å². The second-order valence-electron chi connectivity index (χ2n) is 10.0. The predicted molar refractivity (Wildman–Crippen MR) is 112 cm³/mol. The number of Topliss-reactive ketones (excluding diaryl/α,β-unsaturated/α-hetero) is 1. The summed E-state index contributed by atoms with van der Waals surface area (Å²) in [5.41, 5.74) is -1.23. The van der Waals surface area contributed by atoms with Gasteiger partial charge in [0.2, 0.25) is 0 Å². The SMILES string of the molecule is C#CC(=O)O.C[C@]12CCC(=O)C=C1CC[C@@H]1[C@@H]2[C@@H](O)C[C@@]2(C)[C@H]1CC[C@]2(O)C(=O)CO. The monoisotopic (exact) mass is 432 g/mol. The second-order valence-corrected chi connectivity index (χ2v) is 10.0. The first-order valence-electron chi connectivity index (χ1n) is 10.9. The molecule has 7 nitrogen and oxygen atoms in total. The Hall–Kier alpha value is -2.01. The molecule has 0 aromatic rings. The van der Waals surface area contributed by atoms with Crippen LogP contribution in [0.2, 0.25) is 0 Å². The summed E-state index contributed by atoms with van der Waals surface area (Å²) in [7, 11) is 0. The Balaban J connectivity index is 0.000000491. The molecule has 7 atom stereocenters. The number of aliphatic carboxylic acids is 1. The van der Waals surface area contributed by atoms with Gasteiger partial charge in [-0.25, -0.2) is 4.79 Å². The molecule has 4 aliphatic carbocycles. The van der Waals surface area contributed by atoms with Crippen LogP contribution in [0.25, 0.3) is 0 Å². The Morgan fingerprint density at radius 1 is 1.23 bits per heavy atom. The van der Waals surface area contributed by atoms with Crippen LogP contribution in [0.5, 0.6) is 0 Å². The molecule has 0 spiro atoms. The minimum atomic E-state index is -1.54. The molecule has 0 heterocycles. The maximum atomic E-state index is 12.4. The zero-order valence-corrected chi connectivity index (χ0v) is 18.1. The van der Waals surface area contributed by atoms with Crippen LogP contribution in [0, 0.1) is 40.9 Å². The Morgan fingerprint density at radius 2 is 1.87 bits per heavy atom. The number of aliphatic hydroxyl groups excluding tert-OH is 2. The highest BCUT2D eigenvalue weighted by Gasteiger charge is 2.68. The first-order valence-corrected chi connectivity index (χ1v) is 10.9. The topological polar surface area (TPSA) is 132 Å². The quantitative estimate of drug-likeness (QED) is 0.486. The molecule has 170 valence electrons. The maximum absolute atomic E-state index is 12.4. The van der Waals surface area contributed by atoms with Crippen LogP contribution in [-0.4, -0.2) is 56.3 Å². The van der Waals surface area contributed by atoms with Crippen molar-refractivity contribution in [1.29, 1.82) is 0 Å². The van der Waals surface area contributed by atoms with Crippen molar-refractivity contribution in [2.24, 2.45) is 28.6 Å². The van der Waals surface area contributed by atoms with Crippen molar-refractivity contribution in [2.45, 2.75) is 70.5 Å². The molecule has 0 aromatic carbocycles. The summed E-state index contributed by atoms with van der Waals surface area (Å²) in [6.07, 6.45) is 10.1. The van der Waals surface area contributed by atoms with Crippen molar-refractivity contribution in [2.75, 3.05) is 6.61 Å². The fourth-order valence-electron chi connectivity index (χ4n) is 7.28. The van der Waals surface area contributed by atoms with Crippen LogP contribution in [0.1, 0.15) is 58.8 Å². The molecule has 4 N–H and O–H groups in total. The minimum absolute atomic E-state index is 0.0697. The van der Waals surface area contributed by atoms with Crippen LogP contribution in [0.3, 0.4) is 0 Å². The molecule has 0 unspecified atom stereocenters. The highest BCUT2D eigenvalue weighted by Crippen LogP contribution is 2.67. The molecule has 0 amide bonds. The zero-order chi connectivity index (χ0) is 23.2. The van der Waals surface area contributed by atoms with Crippen molar-refractivity contribution in [3.63, 3.8) is 0 Å². The fourth-order valence-corrected chi connectivity index (χ4v) is 7.28. The van der Waals surface area contributed by atoms with Crippen molar-refractivity contribution in [3.05, 3.63) is 11.6 Å². The number of ketones is 2. The highest BCUT2D eigenvalue weighted by molar-refractivity contribution is 5.92. The summed E-state index contributed by atoms with van der Waals surface area (Å²) in [6.45, 7) is 3.46. The Bertz CT molecular complexity index is 854. The van der Waals surface area contributed by atoms with E-state index in [1.165, 1.54) is 11.5 Å². The zero-order valence-electron chi connectivity index (χ0n) is 18.1. The molecule has 4 aliphatic rings. The molecule has 3 saturated carbocycles. The van der Waals surface area contributed by atoms with Crippen molar-refractivity contribution < 1.29 is 34.8 Å². The standard InChI is InChI=1S/C21H30O5.C3H2O2/c1-19-7-5-13(23)9-12(19)3-4-14-15-6-8-21(26,17(25)11-22)20(15,2)10-16(24)18(14)19;1-2-3(4)5/h9,14-16,18,22,24,26H,3-8,10-11H2,1-2H3;1H,(H,4,5)/t14-,15-,16-,18+,19-,20-,21-;/m0./s1. The Labute approximate surface area is 182 Å². The van der Waals surface area contributed by atoms with Gasteiger partial charge in [0.15, 0.2) is 11.6 Å². The molecule has 0 radical (unpaired) electrons. The van der Waals surface area contributed by atoms with Gasteiger partial charge in [0.05, 0.1) is 6.10 Å². The molecular weight excluding hydrogens is 400 g/mol. The largest absolute Gasteiger partial charge is 0.472 e. The molecule has 3 fully saturated rings. The molecular formula is C24H32O7. The minimum Gasteiger partial charge on any atom is -0.472 e. The van der Waals surface area contributed by atoms with Gasteiger partial charge in [0.1, 0.15) is 12.2 Å². The van der Waals surface area contributed by atoms with Gasteiger partial charge in [-0.15, -0.1) is 6.42 Å². The summed E-state index contributed by atoms with van der Waals surface area (Å²) >= 11 is 0. The summed E-state index contributed by atoms with van der Waals surface area (Å²) in [4.78, 5) is 33.4. The number of rotatable bonds is 2. The predicted octanol–water partition coefficient (Wildman–Crippen LogP) is 1.49. The first-order chi connectivity index (χ1) is 14.4. The highest BCUT2D eigenvalue weighted by atomic mass is 16.4. The van der Waals surface area contributed by atoms with Gasteiger partial charge >= 0.3 is 5.97 Å². The number of terminal acetylenes is 1. The average molecular weight is 433 g/mol. The average Bonchev–Trinajstić information content (AvgIpc) is 2.99. The van der Waals surface area contributed by atoms with E-state index >= 15 is 0 Å². The maximum Gasteiger partial charge on any atom is 0.381 e. The van der Waals surface area contributed by atoms with E-state index in [1.807, 2.05) is 6.92 Å². The van der Waals surface area contributed by atoms with E-state index in [1.54, 1.807) is 6.08 Å². The van der Waals surface area contributed by atoms with Crippen LogP contribution in [0.4, 0.5) is 0 Å². The lowest BCUT2D eigenvalue weighted by Gasteiger charge is -2.60. The number of allylic oxidation sites excluding steroid dienone is 1. The first kappa shape index (κ1) is 23.6. The Morgan fingerprint density at radius 3 is 2.45 bits per heavy atom. The van der Waals surface area contributed by atoms with E-state index in [0.29, 0.717) is 19.3 Å². The summed E-state index contributed by atoms with van der Waals surface area (Å²) in [5, 5.41) is 39.2. The van der Waals surface area contributed by atoms with E-state index in [2.05, 4.69) is 13.3 Å². The van der Waals surface area contributed by atoms with Gasteiger partial charge in [-0.05, 0) is 67.8 Å². The van der Waals surface area contributed by atoms with E-state index in [9.17, 15) is 24.9 Å². The summed E-state index contributed by atoms with van der Waals surface area (Å²) < 4.78 is 0. The van der Waals surface area contributed by atoms with E-state index in [-0.39, 0.29) is 29.0 Å². The Kier molecular flexibility index (Phi) is 6.22. The smallest absolute Gasteiger partial charge is 0.381 e. The van der Waals surface area contributed by atoms with E-state index in [4.69, 9.17) is 9.90 Å². The molecule has 0 aliphatic heterocycles. The van der Waals surface area contributed by atoms with E-state index in [0.717, 1.165) is 25.7 Å². The lowest BCUT2D eigenvalue weighted by Crippen LogP contribution is -2.62. The van der Waals surface area contributed by atoms with Gasteiger partial charge < -0.3 is 20.4 Å². The van der Waals surface area contributed by atoms with Gasteiger partial charge in [-0.3, -0.25) is 9.59 Å². The molecule has 31 heavy (non-hydrogen) atoms.